The monoisotopic (exact) mass is 205 g/mol. The molecular weight excluding hydrogens is 190 g/mol. The molecule has 80 valence electrons. The second kappa shape index (κ2) is 12.2. The second-order valence-electron chi connectivity index (χ2n) is 2.69. The van der Waals surface area contributed by atoms with Gasteiger partial charge in [-0.15, -0.1) is 15.9 Å². The zero-order valence-corrected chi connectivity index (χ0v) is 8.89. The summed E-state index contributed by atoms with van der Waals surface area (Å²) >= 11 is 0. The number of nitrogens with zero attached hydrogens (tertiary/aromatic N) is 3. The van der Waals surface area contributed by atoms with Crippen molar-refractivity contribution in [2.45, 2.75) is 32.6 Å². The molecule has 0 amide bonds. The molecule has 0 unspecified atom stereocenters. The number of nitroso groups, excluding NO2 is 1. The van der Waals surface area contributed by atoms with Crippen LogP contribution in [-0.2, 0) is 0 Å². The molecule has 0 aromatic heterocycles. The van der Waals surface area contributed by atoms with Gasteiger partial charge in [0.1, 0.15) is 5.29 Å². The molecular formula is C11H15N3O. The third kappa shape index (κ3) is 12.2. The van der Waals surface area contributed by atoms with E-state index in [9.17, 15) is 4.91 Å². The first-order valence-electron chi connectivity index (χ1n) is 4.90. The molecule has 0 aliphatic heterocycles. The van der Waals surface area contributed by atoms with Crippen molar-refractivity contribution in [2.75, 3.05) is 0 Å². The summed E-state index contributed by atoms with van der Waals surface area (Å²) in [5.41, 5.74) is 0. The third-order valence-corrected chi connectivity index (χ3v) is 1.42. The summed E-state index contributed by atoms with van der Waals surface area (Å²) < 4.78 is 0. The fourth-order valence-corrected chi connectivity index (χ4v) is 0.762. The topological polar surface area (TPSA) is 54.1 Å². The lowest BCUT2D eigenvalue weighted by atomic mass is 10.3. The van der Waals surface area contributed by atoms with E-state index in [2.05, 4.69) is 34.4 Å². The summed E-state index contributed by atoms with van der Waals surface area (Å²) in [5, 5.41) is 8.48. The minimum absolute atomic E-state index is 0.757. The smallest absolute Gasteiger partial charge is 0.100 e. The summed E-state index contributed by atoms with van der Waals surface area (Å²) in [4.78, 5) is 9.49. The highest BCUT2D eigenvalue weighted by Crippen LogP contribution is 1.90. The van der Waals surface area contributed by atoms with Gasteiger partial charge in [-0.05, 0) is 18.1 Å². The fourth-order valence-electron chi connectivity index (χ4n) is 0.762. The van der Waals surface area contributed by atoms with Gasteiger partial charge in [0.2, 0.25) is 0 Å². The lowest BCUT2D eigenvalue weighted by Gasteiger charge is -1.80. The van der Waals surface area contributed by atoms with Gasteiger partial charge in [-0.1, -0.05) is 31.1 Å². The van der Waals surface area contributed by atoms with Crippen LogP contribution in [0.2, 0.25) is 0 Å². The normalized spacial score (nSPS) is 11.0. The van der Waals surface area contributed by atoms with Crippen molar-refractivity contribution in [1.82, 2.24) is 0 Å². The van der Waals surface area contributed by atoms with Crippen molar-refractivity contribution >= 4 is 0 Å². The van der Waals surface area contributed by atoms with Crippen LogP contribution in [0, 0.1) is 16.7 Å². The van der Waals surface area contributed by atoms with Crippen LogP contribution in [0.4, 0.5) is 0 Å². The third-order valence-electron chi connectivity index (χ3n) is 1.42. The van der Waals surface area contributed by atoms with Crippen LogP contribution in [0.25, 0.3) is 0 Å². The number of hydrogen-bond acceptors (Lipinski definition) is 2. The van der Waals surface area contributed by atoms with Gasteiger partial charge in [0, 0.05) is 19.0 Å². The summed E-state index contributed by atoms with van der Waals surface area (Å²) in [6, 6.07) is 0. The van der Waals surface area contributed by atoms with Crippen LogP contribution in [0.5, 0.6) is 0 Å². The Hall–Kier alpha value is -1.76. The van der Waals surface area contributed by atoms with Gasteiger partial charge in [-0.25, -0.2) is 0 Å². The standard InChI is InChI=1S/C11H15N3O/c1-2-3-4-5-6-7-8-9-10-11-12-13-14-15/h7-8,10-11H,2-3,6,9H2,1H3/b8-7?,11-10+,13-12?. The average Bonchev–Trinajstić information content (AvgIpc) is 2.26. The van der Waals surface area contributed by atoms with Crippen LogP contribution in [0.3, 0.4) is 0 Å². The highest BCUT2D eigenvalue weighted by Gasteiger charge is 1.72. The molecule has 15 heavy (non-hydrogen) atoms. The van der Waals surface area contributed by atoms with E-state index in [1.807, 2.05) is 12.2 Å². The predicted octanol–water partition coefficient (Wildman–Crippen LogP) is 3.77. The minimum Gasteiger partial charge on any atom is -0.136 e. The molecule has 0 aromatic rings. The maximum Gasteiger partial charge on any atom is 0.100 e. The van der Waals surface area contributed by atoms with Gasteiger partial charge < -0.3 is 0 Å². The summed E-state index contributed by atoms with van der Waals surface area (Å²) in [7, 11) is 0. The Balaban J connectivity index is 3.47. The van der Waals surface area contributed by atoms with Crippen molar-refractivity contribution < 1.29 is 0 Å². The molecule has 0 radical (unpaired) electrons. The van der Waals surface area contributed by atoms with Gasteiger partial charge in [0.05, 0.1) is 0 Å². The fraction of sp³-hybridized carbons (Fsp3) is 0.455. The lowest BCUT2D eigenvalue weighted by molar-refractivity contribution is 0.982. The number of hydrogen-bond donors (Lipinski definition) is 0. The lowest BCUT2D eigenvalue weighted by Crippen LogP contribution is -1.63. The Morgan fingerprint density at radius 2 is 2.07 bits per heavy atom. The molecule has 4 nitrogen and oxygen atoms in total. The van der Waals surface area contributed by atoms with Crippen LogP contribution < -0.4 is 0 Å². The Kier molecular flexibility index (Phi) is 10.8. The Bertz CT molecular complexity index is 295. The van der Waals surface area contributed by atoms with Crippen molar-refractivity contribution in [3.63, 3.8) is 0 Å². The maximum absolute atomic E-state index is 9.49. The molecule has 0 saturated heterocycles. The molecule has 4 heteroatoms. The summed E-state index contributed by atoms with van der Waals surface area (Å²) in [6.45, 7) is 2.11. The summed E-state index contributed by atoms with van der Waals surface area (Å²) in [6.07, 6.45) is 10.8. The van der Waals surface area contributed by atoms with E-state index >= 15 is 0 Å². The van der Waals surface area contributed by atoms with Crippen molar-refractivity contribution in [1.29, 1.82) is 0 Å². The molecule has 0 heterocycles. The Labute approximate surface area is 90.1 Å². The van der Waals surface area contributed by atoms with Gasteiger partial charge in [0.15, 0.2) is 0 Å². The number of rotatable bonds is 6. The van der Waals surface area contributed by atoms with Crippen LogP contribution in [-0.4, -0.2) is 0 Å². The molecule has 0 aliphatic rings. The SMILES string of the molecule is CCCC#CCC=CC/C=C/N=NN=O. The van der Waals surface area contributed by atoms with Gasteiger partial charge >= 0.3 is 0 Å². The van der Waals surface area contributed by atoms with E-state index in [0.717, 1.165) is 25.7 Å². The van der Waals surface area contributed by atoms with E-state index < -0.39 is 0 Å². The zero-order chi connectivity index (χ0) is 11.2. The quantitative estimate of drug-likeness (QED) is 0.214. The van der Waals surface area contributed by atoms with Crippen LogP contribution in [0.15, 0.2) is 40.1 Å². The van der Waals surface area contributed by atoms with E-state index in [0.29, 0.717) is 0 Å². The van der Waals surface area contributed by atoms with Gasteiger partial charge in [-0.3, -0.25) is 0 Å². The van der Waals surface area contributed by atoms with Gasteiger partial charge in [0.25, 0.3) is 0 Å². The minimum atomic E-state index is 0.757. The Morgan fingerprint density at radius 1 is 1.20 bits per heavy atom. The first kappa shape index (κ1) is 13.2. The molecule has 0 aromatic carbocycles. The predicted molar refractivity (Wildman–Crippen MR) is 60.8 cm³/mol. The van der Waals surface area contributed by atoms with E-state index in [-0.39, 0.29) is 0 Å². The molecule has 0 atom stereocenters. The summed E-state index contributed by atoms with van der Waals surface area (Å²) in [5.74, 6) is 6.09. The first-order chi connectivity index (χ1) is 7.41. The first-order valence-corrected chi connectivity index (χ1v) is 4.90. The molecule has 0 N–H and O–H groups in total. The maximum atomic E-state index is 9.49. The van der Waals surface area contributed by atoms with Crippen molar-refractivity contribution in [3.8, 4) is 11.8 Å². The van der Waals surface area contributed by atoms with Gasteiger partial charge in [-0.2, -0.15) is 0 Å². The molecule has 0 saturated carbocycles. The highest BCUT2D eigenvalue weighted by atomic mass is 16.3. The number of unbranched alkanes of at least 4 members (excludes halogenated alkanes) is 1. The van der Waals surface area contributed by atoms with E-state index in [1.165, 1.54) is 6.20 Å². The van der Waals surface area contributed by atoms with Crippen molar-refractivity contribution in [2.24, 2.45) is 15.6 Å². The average molecular weight is 205 g/mol. The van der Waals surface area contributed by atoms with E-state index in [1.54, 1.807) is 6.08 Å². The van der Waals surface area contributed by atoms with Crippen LogP contribution in [0.1, 0.15) is 32.6 Å². The zero-order valence-electron chi connectivity index (χ0n) is 8.89. The van der Waals surface area contributed by atoms with E-state index in [4.69, 9.17) is 0 Å². The molecule has 0 aliphatic carbocycles. The van der Waals surface area contributed by atoms with Crippen molar-refractivity contribution in [3.05, 3.63) is 29.3 Å². The van der Waals surface area contributed by atoms with Crippen LogP contribution >= 0.6 is 0 Å². The highest BCUT2D eigenvalue weighted by molar-refractivity contribution is 5.05. The molecule has 0 bridgehead atoms. The second-order valence-corrected chi connectivity index (χ2v) is 2.69. The largest absolute Gasteiger partial charge is 0.136 e. The molecule has 0 rings (SSSR count). The number of allylic oxidation sites excluding steroid dienone is 3. The molecule has 0 fully saturated rings. The molecule has 0 spiro atoms. The Morgan fingerprint density at radius 3 is 2.80 bits per heavy atom.